The average molecular weight is 722 g/mol. The van der Waals surface area contributed by atoms with E-state index in [1.165, 1.54) is 75.9 Å². The lowest BCUT2D eigenvalue weighted by atomic mass is 9.66. The van der Waals surface area contributed by atoms with E-state index in [4.69, 9.17) is 4.74 Å². The SMILES string of the molecule is CC1(C)c2ccccc2-c2ccc(N(c3ccc4c(c3)C3(c5ccccc5O4)c4ccccc4-c4ccccc43)c3cccc4sc5ccccc5c34)cc21. The Labute approximate surface area is 324 Å². The third-order valence-electron chi connectivity index (χ3n) is 12.5. The Balaban J connectivity index is 1.16. The van der Waals surface area contributed by atoms with Gasteiger partial charge < -0.3 is 9.64 Å². The fourth-order valence-electron chi connectivity index (χ4n) is 10.2. The minimum absolute atomic E-state index is 0.135. The number of hydrogen-bond acceptors (Lipinski definition) is 3. The summed E-state index contributed by atoms with van der Waals surface area (Å²) < 4.78 is 9.44. The molecule has 55 heavy (non-hydrogen) atoms. The van der Waals surface area contributed by atoms with Crippen LogP contribution in [0.1, 0.15) is 47.2 Å². The van der Waals surface area contributed by atoms with Gasteiger partial charge in [0.05, 0.1) is 11.1 Å². The lowest BCUT2D eigenvalue weighted by molar-refractivity contribution is 0.436. The maximum atomic E-state index is 6.86. The van der Waals surface area contributed by atoms with E-state index < -0.39 is 5.41 Å². The van der Waals surface area contributed by atoms with Crippen molar-refractivity contribution in [3.63, 3.8) is 0 Å². The Morgan fingerprint density at radius 2 is 0.982 bits per heavy atom. The molecule has 2 nitrogen and oxygen atoms in total. The number of thiophene rings is 1. The summed E-state index contributed by atoms with van der Waals surface area (Å²) >= 11 is 1.86. The van der Waals surface area contributed by atoms with E-state index in [1.807, 2.05) is 11.3 Å². The van der Waals surface area contributed by atoms with Crippen LogP contribution in [0.25, 0.3) is 42.4 Å². The zero-order valence-corrected chi connectivity index (χ0v) is 31.3. The lowest BCUT2D eigenvalue weighted by Gasteiger charge is -2.40. The molecular formula is C52H35NOS. The van der Waals surface area contributed by atoms with Gasteiger partial charge in [-0.3, -0.25) is 0 Å². The number of rotatable bonds is 3. The van der Waals surface area contributed by atoms with Gasteiger partial charge in [0.15, 0.2) is 0 Å². The van der Waals surface area contributed by atoms with Gasteiger partial charge in [0.25, 0.3) is 0 Å². The van der Waals surface area contributed by atoms with Crippen LogP contribution in [0.3, 0.4) is 0 Å². The highest BCUT2D eigenvalue weighted by Gasteiger charge is 2.51. The second-order valence-corrected chi connectivity index (χ2v) is 16.7. The molecule has 0 saturated heterocycles. The fraction of sp³-hybridized carbons (Fsp3) is 0.0769. The Morgan fingerprint density at radius 3 is 1.75 bits per heavy atom. The average Bonchev–Trinajstić information content (AvgIpc) is 3.83. The maximum absolute atomic E-state index is 6.86. The first-order chi connectivity index (χ1) is 27.0. The molecule has 0 amide bonds. The highest BCUT2D eigenvalue weighted by molar-refractivity contribution is 7.26. The number of fused-ring (bicyclic) bond motifs is 15. The molecule has 0 fully saturated rings. The van der Waals surface area contributed by atoms with E-state index in [0.29, 0.717) is 0 Å². The quantitative estimate of drug-likeness (QED) is 0.180. The van der Waals surface area contributed by atoms with E-state index in [1.54, 1.807) is 0 Å². The molecule has 2 heterocycles. The standard InChI is InChI=1S/C52H35NOS/c1-51(2)39-18-7-3-14-34(39)37-28-26-32(30-43(37)51)53(45-22-13-25-49-50(45)38-17-6-12-24-48(38)55-49)33-27-29-47-44(31-33)52(42-21-10-11-23-46(42)54-47)40-19-8-4-15-35(40)36-16-5-9-20-41(36)52/h3-31H,1-2H3. The first-order valence-electron chi connectivity index (χ1n) is 19.1. The van der Waals surface area contributed by atoms with Gasteiger partial charge in [-0.15, -0.1) is 11.3 Å². The molecule has 0 unspecified atom stereocenters. The van der Waals surface area contributed by atoms with E-state index in [2.05, 4.69) is 195 Å². The van der Waals surface area contributed by atoms with Crippen LogP contribution in [0.15, 0.2) is 176 Å². The highest BCUT2D eigenvalue weighted by Crippen LogP contribution is 2.63. The zero-order chi connectivity index (χ0) is 36.5. The summed E-state index contributed by atoms with van der Waals surface area (Å²) in [5, 5.41) is 2.55. The molecule has 12 rings (SSSR count). The Kier molecular flexibility index (Phi) is 6.23. The number of para-hydroxylation sites is 1. The van der Waals surface area contributed by atoms with Crippen LogP contribution in [0, 0.1) is 0 Å². The summed E-state index contributed by atoms with van der Waals surface area (Å²) in [5.74, 6) is 1.79. The Bertz CT molecular complexity index is 3030. The Morgan fingerprint density at radius 1 is 0.436 bits per heavy atom. The first kappa shape index (κ1) is 31.0. The number of hydrogen-bond donors (Lipinski definition) is 0. The molecule has 3 aliphatic rings. The van der Waals surface area contributed by atoms with Gasteiger partial charge in [0.2, 0.25) is 0 Å². The molecule has 8 aromatic carbocycles. The van der Waals surface area contributed by atoms with E-state index in [9.17, 15) is 0 Å². The summed E-state index contributed by atoms with van der Waals surface area (Å²) in [6.45, 7) is 4.73. The molecule has 0 saturated carbocycles. The van der Waals surface area contributed by atoms with Crippen molar-refractivity contribution in [2.45, 2.75) is 24.7 Å². The molecule has 0 N–H and O–H groups in total. The summed E-state index contributed by atoms with van der Waals surface area (Å²) in [4.78, 5) is 2.50. The number of benzene rings is 8. The number of anilines is 3. The number of nitrogens with zero attached hydrogens (tertiary/aromatic N) is 1. The van der Waals surface area contributed by atoms with Gasteiger partial charge in [-0.25, -0.2) is 0 Å². The molecule has 0 radical (unpaired) electrons. The first-order valence-corrected chi connectivity index (χ1v) is 19.9. The monoisotopic (exact) mass is 721 g/mol. The maximum Gasteiger partial charge on any atom is 0.132 e. The number of ether oxygens (including phenoxy) is 1. The molecular weight excluding hydrogens is 687 g/mol. The minimum atomic E-state index is -0.554. The fourth-order valence-corrected chi connectivity index (χ4v) is 11.3. The van der Waals surface area contributed by atoms with E-state index in [0.717, 1.165) is 28.4 Å². The van der Waals surface area contributed by atoms with Crippen molar-refractivity contribution >= 4 is 48.6 Å². The topological polar surface area (TPSA) is 12.5 Å². The van der Waals surface area contributed by atoms with Crippen LogP contribution in [0.4, 0.5) is 17.1 Å². The minimum Gasteiger partial charge on any atom is -0.457 e. The lowest BCUT2D eigenvalue weighted by Crippen LogP contribution is -2.32. The largest absolute Gasteiger partial charge is 0.457 e. The summed E-state index contributed by atoms with van der Waals surface area (Å²) in [6.07, 6.45) is 0. The van der Waals surface area contributed by atoms with Crippen molar-refractivity contribution in [1.29, 1.82) is 0 Å². The van der Waals surface area contributed by atoms with Crippen molar-refractivity contribution < 1.29 is 4.74 Å². The molecule has 3 heteroatoms. The predicted octanol–water partition coefficient (Wildman–Crippen LogP) is 14.3. The summed E-state index contributed by atoms with van der Waals surface area (Å²) in [5.41, 5.74) is 15.6. The third-order valence-corrected chi connectivity index (χ3v) is 13.7. The Hall–Kier alpha value is -6.42. The third kappa shape index (κ3) is 4.03. The van der Waals surface area contributed by atoms with Crippen molar-refractivity contribution in [3.8, 4) is 33.8 Å². The molecule has 260 valence electrons. The van der Waals surface area contributed by atoms with Gasteiger partial charge in [-0.05, 0) is 99.1 Å². The van der Waals surface area contributed by atoms with Crippen LogP contribution >= 0.6 is 11.3 Å². The zero-order valence-electron chi connectivity index (χ0n) is 30.5. The normalized spacial score (nSPS) is 14.8. The van der Waals surface area contributed by atoms with Crippen molar-refractivity contribution in [2.75, 3.05) is 4.90 Å². The van der Waals surface area contributed by atoms with Gasteiger partial charge in [-0.1, -0.05) is 135 Å². The van der Waals surface area contributed by atoms with Crippen LogP contribution < -0.4 is 9.64 Å². The van der Waals surface area contributed by atoms with Crippen molar-refractivity contribution in [2.24, 2.45) is 0 Å². The smallest absolute Gasteiger partial charge is 0.132 e. The van der Waals surface area contributed by atoms with E-state index in [-0.39, 0.29) is 5.41 Å². The molecule has 0 atom stereocenters. The summed E-state index contributed by atoms with van der Waals surface area (Å²) in [6, 6.07) is 65.1. The van der Waals surface area contributed by atoms with Crippen LogP contribution in [0.2, 0.25) is 0 Å². The highest BCUT2D eigenvalue weighted by atomic mass is 32.1. The predicted molar refractivity (Wildman–Crippen MR) is 229 cm³/mol. The van der Waals surface area contributed by atoms with Gasteiger partial charge in [0.1, 0.15) is 11.5 Å². The van der Waals surface area contributed by atoms with Crippen molar-refractivity contribution in [1.82, 2.24) is 0 Å². The molecule has 0 bridgehead atoms. The van der Waals surface area contributed by atoms with Crippen LogP contribution in [0.5, 0.6) is 11.5 Å². The van der Waals surface area contributed by atoms with Crippen molar-refractivity contribution in [3.05, 3.63) is 209 Å². The molecule has 1 aliphatic heterocycles. The van der Waals surface area contributed by atoms with Crippen LogP contribution in [-0.2, 0) is 10.8 Å². The van der Waals surface area contributed by atoms with Gasteiger partial charge in [0, 0.05) is 48.1 Å². The van der Waals surface area contributed by atoms with Gasteiger partial charge in [-0.2, -0.15) is 0 Å². The van der Waals surface area contributed by atoms with Gasteiger partial charge >= 0.3 is 0 Å². The second-order valence-electron chi connectivity index (χ2n) is 15.6. The van der Waals surface area contributed by atoms with E-state index >= 15 is 0 Å². The molecule has 1 aromatic heterocycles. The molecule has 9 aromatic rings. The second kappa shape index (κ2) is 11.1. The summed E-state index contributed by atoms with van der Waals surface area (Å²) in [7, 11) is 0. The molecule has 1 spiro atoms. The molecule has 2 aliphatic carbocycles. The van der Waals surface area contributed by atoms with Crippen LogP contribution in [-0.4, -0.2) is 0 Å².